The van der Waals surface area contributed by atoms with Crippen LogP contribution in [0.1, 0.15) is 27.2 Å². The molecule has 6 nitrogen and oxygen atoms in total. The second-order valence-corrected chi connectivity index (χ2v) is 4.39. The Morgan fingerprint density at radius 2 is 1.71 bits per heavy atom. The van der Waals surface area contributed by atoms with Gasteiger partial charge in [0.05, 0.1) is 16.1 Å². The summed E-state index contributed by atoms with van der Waals surface area (Å²) in [5.41, 5.74) is -6.55. The molecule has 0 saturated carbocycles. The Morgan fingerprint density at radius 3 is 2.21 bits per heavy atom. The molecule has 0 fully saturated rings. The number of nitro groups is 1. The summed E-state index contributed by atoms with van der Waals surface area (Å²) in [6.45, 7) is 0. The minimum absolute atomic E-state index is 0.0635. The Hall–Kier alpha value is -2.92. The maximum Gasteiger partial charge on any atom is 0.437 e. The summed E-state index contributed by atoms with van der Waals surface area (Å²) in [6, 6.07) is 0.839. The van der Waals surface area contributed by atoms with Crippen molar-refractivity contribution in [2.45, 2.75) is 12.4 Å². The van der Waals surface area contributed by atoms with Crippen molar-refractivity contribution in [3.8, 4) is 0 Å². The van der Waals surface area contributed by atoms with Crippen LogP contribution in [0, 0.1) is 10.1 Å². The smallest absolute Gasteiger partial charge is 0.363 e. The van der Waals surface area contributed by atoms with Crippen LogP contribution in [0.4, 0.5) is 32.0 Å². The lowest BCUT2D eigenvalue weighted by Crippen LogP contribution is -2.14. The molecule has 2 rings (SSSR count). The van der Waals surface area contributed by atoms with Crippen molar-refractivity contribution in [3.63, 3.8) is 0 Å². The van der Waals surface area contributed by atoms with Gasteiger partial charge in [0.2, 0.25) is 5.78 Å². The number of hydrogen-bond acceptors (Lipinski definition) is 5. The molecule has 2 aromatic rings. The van der Waals surface area contributed by atoms with E-state index in [2.05, 4.69) is 9.68 Å². The first-order valence-corrected chi connectivity index (χ1v) is 5.85. The van der Waals surface area contributed by atoms with Gasteiger partial charge in [-0.1, -0.05) is 5.16 Å². The number of nitro benzene ring substituents is 1. The lowest BCUT2D eigenvalue weighted by atomic mass is 10.00. The van der Waals surface area contributed by atoms with Crippen LogP contribution in [-0.2, 0) is 12.4 Å². The maximum absolute atomic E-state index is 12.7. The lowest BCUT2D eigenvalue weighted by molar-refractivity contribution is -0.385. The lowest BCUT2D eigenvalue weighted by Gasteiger charge is -2.08. The van der Waals surface area contributed by atoms with Crippen LogP contribution in [0.25, 0.3) is 0 Å². The Balaban J connectivity index is 2.59. The van der Waals surface area contributed by atoms with E-state index in [-0.39, 0.29) is 6.07 Å². The molecule has 0 amide bonds. The summed E-state index contributed by atoms with van der Waals surface area (Å²) in [5, 5.41) is 13.5. The average Bonchev–Trinajstić information content (AvgIpc) is 2.94. The predicted octanol–water partition coefficient (Wildman–Crippen LogP) is 3.85. The van der Waals surface area contributed by atoms with E-state index in [1.54, 1.807) is 0 Å². The molecular weight excluding hydrogens is 350 g/mol. The fourth-order valence-electron chi connectivity index (χ4n) is 1.80. The number of ketones is 1. The Labute approximate surface area is 127 Å². The zero-order valence-corrected chi connectivity index (χ0v) is 11.1. The highest BCUT2D eigenvalue weighted by atomic mass is 19.4. The van der Waals surface area contributed by atoms with Gasteiger partial charge in [0.15, 0.2) is 5.69 Å². The molecule has 1 aromatic carbocycles. The summed E-state index contributed by atoms with van der Waals surface area (Å²) in [5.74, 6) is -1.54. The van der Waals surface area contributed by atoms with Gasteiger partial charge >= 0.3 is 12.4 Å². The van der Waals surface area contributed by atoms with Crippen LogP contribution in [-0.4, -0.2) is 15.9 Å². The van der Waals surface area contributed by atoms with E-state index in [0.717, 1.165) is 0 Å². The normalized spacial score (nSPS) is 12.2. The molecule has 0 atom stereocenters. The molecule has 0 radical (unpaired) electrons. The van der Waals surface area contributed by atoms with E-state index >= 15 is 0 Å². The first-order valence-electron chi connectivity index (χ1n) is 5.85. The third-order valence-electron chi connectivity index (χ3n) is 2.85. The van der Waals surface area contributed by atoms with Crippen molar-refractivity contribution in [3.05, 3.63) is 57.0 Å². The van der Waals surface area contributed by atoms with Gasteiger partial charge in [0.25, 0.3) is 5.69 Å². The van der Waals surface area contributed by atoms with E-state index in [1.165, 1.54) is 0 Å². The monoisotopic (exact) mass is 354 g/mol. The number of alkyl halides is 6. The van der Waals surface area contributed by atoms with Crippen LogP contribution >= 0.6 is 0 Å². The summed E-state index contributed by atoms with van der Waals surface area (Å²) in [4.78, 5) is 21.7. The minimum atomic E-state index is -5.08. The predicted molar refractivity (Wildman–Crippen MR) is 63.0 cm³/mol. The molecule has 0 aliphatic rings. The molecule has 24 heavy (non-hydrogen) atoms. The van der Waals surface area contributed by atoms with Crippen LogP contribution in [0.5, 0.6) is 0 Å². The summed E-state index contributed by atoms with van der Waals surface area (Å²) >= 11 is 0. The van der Waals surface area contributed by atoms with Gasteiger partial charge in [0.1, 0.15) is 11.8 Å². The van der Waals surface area contributed by atoms with Gasteiger partial charge in [-0.05, 0) is 12.1 Å². The van der Waals surface area contributed by atoms with Crippen molar-refractivity contribution in [1.82, 2.24) is 5.16 Å². The minimum Gasteiger partial charge on any atom is -0.363 e. The van der Waals surface area contributed by atoms with Gasteiger partial charge in [-0.3, -0.25) is 14.9 Å². The van der Waals surface area contributed by atoms with E-state index in [0.29, 0.717) is 18.4 Å². The fourth-order valence-corrected chi connectivity index (χ4v) is 1.80. The molecule has 0 unspecified atom stereocenters. The summed E-state index contributed by atoms with van der Waals surface area (Å²) in [6.07, 6.45) is -9.70. The van der Waals surface area contributed by atoms with E-state index in [4.69, 9.17) is 0 Å². The number of carbonyl (C=O) groups is 1. The maximum atomic E-state index is 12.7. The molecule has 1 aromatic heterocycles. The van der Waals surface area contributed by atoms with E-state index < -0.39 is 51.1 Å². The number of hydrogen-bond donors (Lipinski definition) is 0. The largest absolute Gasteiger partial charge is 0.437 e. The first-order chi connectivity index (χ1) is 10.9. The van der Waals surface area contributed by atoms with Crippen molar-refractivity contribution in [2.75, 3.05) is 0 Å². The second kappa shape index (κ2) is 5.62. The SMILES string of the molecule is O=C(c1ccc(C(F)(F)F)cc1[N+](=O)[O-])c1conc1C(F)(F)F. The molecule has 0 saturated heterocycles. The highest BCUT2D eigenvalue weighted by Gasteiger charge is 2.41. The standard InChI is InChI=1S/C12H4F6N2O4/c13-11(14,15)5-1-2-6(8(3-5)20(22)23)9(21)7-4-24-19-10(7)12(16,17)18/h1-4H. The highest BCUT2D eigenvalue weighted by molar-refractivity contribution is 6.12. The van der Waals surface area contributed by atoms with Crippen molar-refractivity contribution >= 4 is 11.5 Å². The molecule has 1 heterocycles. The van der Waals surface area contributed by atoms with Crippen LogP contribution < -0.4 is 0 Å². The van der Waals surface area contributed by atoms with Crippen LogP contribution in [0.3, 0.4) is 0 Å². The number of benzene rings is 1. The average molecular weight is 354 g/mol. The number of halogens is 6. The van der Waals surface area contributed by atoms with E-state index in [9.17, 15) is 41.3 Å². The van der Waals surface area contributed by atoms with Crippen LogP contribution in [0.15, 0.2) is 29.0 Å². The third kappa shape index (κ3) is 3.21. The Kier molecular flexibility index (Phi) is 4.08. The molecule has 0 spiro atoms. The zero-order chi connectivity index (χ0) is 18.3. The van der Waals surface area contributed by atoms with Crippen molar-refractivity contribution in [2.24, 2.45) is 0 Å². The number of rotatable bonds is 3. The van der Waals surface area contributed by atoms with Crippen molar-refractivity contribution in [1.29, 1.82) is 0 Å². The van der Waals surface area contributed by atoms with E-state index in [1.807, 2.05) is 0 Å². The zero-order valence-electron chi connectivity index (χ0n) is 11.1. The second-order valence-electron chi connectivity index (χ2n) is 4.39. The van der Waals surface area contributed by atoms with Crippen LogP contribution in [0.2, 0.25) is 0 Å². The molecule has 128 valence electrons. The highest BCUT2D eigenvalue weighted by Crippen LogP contribution is 2.36. The molecule has 12 heteroatoms. The quantitative estimate of drug-likeness (QED) is 0.362. The van der Waals surface area contributed by atoms with Gasteiger partial charge in [0, 0.05) is 6.07 Å². The number of carbonyl (C=O) groups excluding carboxylic acids is 1. The third-order valence-corrected chi connectivity index (χ3v) is 2.85. The Morgan fingerprint density at radius 1 is 1.08 bits per heavy atom. The molecule has 0 aliphatic carbocycles. The summed E-state index contributed by atoms with van der Waals surface area (Å²) in [7, 11) is 0. The first kappa shape index (κ1) is 17.4. The summed E-state index contributed by atoms with van der Waals surface area (Å²) < 4.78 is 79.8. The molecule has 0 N–H and O–H groups in total. The topological polar surface area (TPSA) is 86.2 Å². The van der Waals surface area contributed by atoms with Crippen molar-refractivity contribution < 1.29 is 40.6 Å². The van der Waals surface area contributed by atoms with Gasteiger partial charge in [-0.25, -0.2) is 0 Å². The number of aromatic nitrogens is 1. The van der Waals surface area contributed by atoms with Gasteiger partial charge in [-0.2, -0.15) is 26.3 Å². The Bertz CT molecular complexity index is 809. The molecule has 0 bridgehead atoms. The molecule has 0 aliphatic heterocycles. The van der Waals surface area contributed by atoms with Gasteiger partial charge in [-0.15, -0.1) is 0 Å². The number of nitrogens with zero attached hydrogens (tertiary/aromatic N) is 2. The van der Waals surface area contributed by atoms with Gasteiger partial charge < -0.3 is 4.52 Å². The molecular formula is C12H4F6N2O4. The fraction of sp³-hybridized carbons (Fsp3) is 0.167.